The summed E-state index contributed by atoms with van der Waals surface area (Å²) in [6.45, 7) is 5.73. The Balaban J connectivity index is 0.00000114. The zero-order valence-electron chi connectivity index (χ0n) is 20.6. The summed E-state index contributed by atoms with van der Waals surface area (Å²) < 4.78 is 6.18. The molecule has 0 aromatic rings. The largest absolute Gasteiger partial charge is 1.00 e. The second-order valence-electron chi connectivity index (χ2n) is 13.5. The van der Waals surface area contributed by atoms with Crippen LogP contribution < -0.4 is 24.8 Å². The van der Waals surface area contributed by atoms with Gasteiger partial charge in [-0.1, -0.05) is 0 Å². The van der Waals surface area contributed by atoms with Gasteiger partial charge in [0.25, 0.3) is 0 Å². The van der Waals surface area contributed by atoms with Crippen LogP contribution in [0.1, 0.15) is 25.7 Å². The summed E-state index contributed by atoms with van der Waals surface area (Å²) in [6, 6.07) is 6.71. The number of halogens is 2. The monoisotopic (exact) mass is 684 g/mol. The van der Waals surface area contributed by atoms with Crippen LogP contribution in [0.4, 0.5) is 0 Å². The first-order chi connectivity index (χ1) is 15.0. The number of fused-ring (bicyclic) bond motifs is 2. The van der Waals surface area contributed by atoms with E-state index in [2.05, 4.69) is 61.7 Å². The molecule has 0 aromatic heterocycles. The smallest absolute Gasteiger partial charge is 1.00 e. The molecule has 8 unspecified atom stereocenters. The van der Waals surface area contributed by atoms with E-state index >= 15 is 0 Å². The van der Waals surface area contributed by atoms with Gasteiger partial charge in [0.05, 0.1) is 0 Å². The number of hydrogen-bond donors (Lipinski definition) is 0. The Kier molecular flexibility index (Phi) is 6.95. The summed E-state index contributed by atoms with van der Waals surface area (Å²) in [4.78, 5) is 0. The normalized spacial score (nSPS) is 45.3. The molecule has 5 heteroatoms. The van der Waals surface area contributed by atoms with Crippen LogP contribution in [-0.4, -0.2) is 16.1 Å². The van der Waals surface area contributed by atoms with Crippen molar-refractivity contribution in [3.8, 4) is 0 Å². The predicted molar refractivity (Wildman–Crippen MR) is 136 cm³/mol. The average molecular weight is 684 g/mol. The molecule has 0 amide bonds. The minimum absolute atomic E-state index is 0. The Bertz CT molecular complexity index is 814. The molecule has 0 nitrogen and oxygen atoms in total. The van der Waals surface area contributed by atoms with Gasteiger partial charge >= 0.3 is 198 Å². The quantitative estimate of drug-likeness (QED) is 0.401. The molecule has 5 fully saturated rings. The second kappa shape index (κ2) is 9.00. The number of allylic oxidation sites excluding steroid dienone is 8. The standard InChI is InChI=1S/2C13H19Si.C2H4.2ClH.Hf/c2*1-14(9-4-10-14)13-8-7-11-5-2-3-6-12(11)13;1-2;;;/h2*2-3,5-6,8,11-13H,4,7,9-10H2,1H3;1-2H2;2*1H;/q;;;;;+2/p-2. The fourth-order valence-corrected chi connectivity index (χ4v) is 62.4. The molecule has 0 bridgehead atoms. The van der Waals surface area contributed by atoms with Crippen molar-refractivity contribution in [1.29, 1.82) is 0 Å². The van der Waals surface area contributed by atoms with E-state index in [1.807, 2.05) is 8.35 Å². The maximum atomic E-state index is 2.87. The Labute approximate surface area is 221 Å². The minimum Gasteiger partial charge on any atom is -1.00 e. The number of hydrogen-bond acceptors (Lipinski definition) is 0. The van der Waals surface area contributed by atoms with Crippen LogP contribution in [-0.2, 0) is 20.0 Å². The van der Waals surface area contributed by atoms with Crippen molar-refractivity contribution in [2.75, 3.05) is 0 Å². The molecule has 180 valence electrons. The molecule has 0 N–H and O–H groups in total. The van der Waals surface area contributed by atoms with Crippen molar-refractivity contribution in [3.63, 3.8) is 0 Å². The Hall–Kier alpha value is 0.844. The zero-order chi connectivity index (χ0) is 20.8. The first kappa shape index (κ1) is 25.5. The molecule has 4 aliphatic carbocycles. The van der Waals surface area contributed by atoms with E-state index in [-0.39, 0.29) is 24.8 Å². The van der Waals surface area contributed by atoms with Gasteiger partial charge in [-0.05, 0) is 0 Å². The summed E-state index contributed by atoms with van der Waals surface area (Å²) in [6.07, 6.45) is 26.9. The second-order valence-corrected chi connectivity index (χ2v) is 41.2. The Morgan fingerprint density at radius 1 is 0.606 bits per heavy atom. The Morgan fingerprint density at radius 2 is 1.00 bits per heavy atom. The molecular weight excluding hydrogens is 642 g/mol. The van der Waals surface area contributed by atoms with E-state index in [0.717, 1.165) is 23.7 Å². The van der Waals surface area contributed by atoms with Gasteiger partial charge in [-0.3, -0.25) is 0 Å². The average Bonchev–Trinajstić information content (AvgIpc) is 3.30. The van der Waals surface area contributed by atoms with E-state index in [9.17, 15) is 0 Å². The maximum absolute atomic E-state index is 2.87. The molecule has 0 spiro atoms. The third kappa shape index (κ3) is 3.70. The topological polar surface area (TPSA) is 0 Å². The molecule has 2 saturated carbocycles. The summed E-state index contributed by atoms with van der Waals surface area (Å²) >= 11 is -2.27. The molecular formula is C28H42Cl2HfSi2. The van der Waals surface area contributed by atoms with Crippen molar-refractivity contribution < 1.29 is 44.8 Å². The van der Waals surface area contributed by atoms with Crippen LogP contribution in [0.2, 0.25) is 64.1 Å². The summed E-state index contributed by atoms with van der Waals surface area (Å²) in [5.74, 6) is 3.78. The SMILES string of the molecule is C[Si]1(C2C3C=CC=CC3C[CH]2[Hf+2]2([CH]3CC4C=CC=CC4C3[Si]3(C)CCC3)[CH2][CH2]2)CCC1.[Cl-].[Cl-]. The molecule has 3 aliphatic heterocycles. The third-order valence-corrected chi connectivity index (χ3v) is 46.3. The van der Waals surface area contributed by atoms with Crippen LogP contribution in [0.3, 0.4) is 0 Å². The minimum atomic E-state index is -2.27. The third-order valence-electron chi connectivity index (χ3n) is 12.2. The van der Waals surface area contributed by atoms with Gasteiger partial charge in [0.15, 0.2) is 0 Å². The molecule has 8 atom stereocenters. The molecule has 7 rings (SSSR count). The fourth-order valence-electron chi connectivity index (χ4n) is 10.4. The summed E-state index contributed by atoms with van der Waals surface area (Å²) in [5.41, 5.74) is 2.39. The first-order valence-corrected chi connectivity index (χ1v) is 29.0. The van der Waals surface area contributed by atoms with Crippen LogP contribution >= 0.6 is 0 Å². The first-order valence-electron chi connectivity index (χ1n) is 13.7. The van der Waals surface area contributed by atoms with Gasteiger partial charge in [-0.15, -0.1) is 0 Å². The van der Waals surface area contributed by atoms with E-state index in [1.54, 1.807) is 49.9 Å². The van der Waals surface area contributed by atoms with Crippen molar-refractivity contribution in [2.45, 2.75) is 89.7 Å². The maximum Gasteiger partial charge on any atom is -1.00 e. The zero-order valence-corrected chi connectivity index (χ0v) is 27.7. The number of rotatable bonds is 4. The van der Waals surface area contributed by atoms with Crippen molar-refractivity contribution >= 4 is 16.1 Å². The van der Waals surface area contributed by atoms with Gasteiger partial charge in [-0.2, -0.15) is 0 Å². The van der Waals surface area contributed by atoms with Gasteiger partial charge in [0, 0.05) is 0 Å². The van der Waals surface area contributed by atoms with Crippen LogP contribution in [0.5, 0.6) is 0 Å². The van der Waals surface area contributed by atoms with Gasteiger partial charge in [-0.25, -0.2) is 0 Å². The van der Waals surface area contributed by atoms with Crippen LogP contribution in [0, 0.1) is 23.7 Å². The van der Waals surface area contributed by atoms with Gasteiger partial charge in [0.2, 0.25) is 0 Å². The van der Waals surface area contributed by atoms with E-state index < -0.39 is 36.1 Å². The molecule has 3 saturated heterocycles. The molecule has 0 radical (unpaired) electrons. The van der Waals surface area contributed by atoms with Gasteiger partial charge in [0.1, 0.15) is 0 Å². The van der Waals surface area contributed by atoms with Crippen molar-refractivity contribution in [2.24, 2.45) is 23.7 Å². The summed E-state index contributed by atoms with van der Waals surface area (Å²) in [7, 11) is -2.00. The van der Waals surface area contributed by atoms with E-state index in [0.29, 0.717) is 0 Å². The van der Waals surface area contributed by atoms with Crippen molar-refractivity contribution in [3.05, 3.63) is 48.6 Å². The fraction of sp³-hybridized carbons (Fsp3) is 0.714. The van der Waals surface area contributed by atoms with E-state index in [4.69, 9.17) is 0 Å². The van der Waals surface area contributed by atoms with E-state index in [1.165, 1.54) is 18.4 Å². The summed E-state index contributed by atoms with van der Waals surface area (Å²) in [5, 5.41) is 0. The van der Waals surface area contributed by atoms with Gasteiger partial charge < -0.3 is 24.8 Å². The Morgan fingerprint density at radius 3 is 1.33 bits per heavy atom. The molecule has 7 aliphatic rings. The molecule has 33 heavy (non-hydrogen) atoms. The van der Waals surface area contributed by atoms with Crippen molar-refractivity contribution in [1.82, 2.24) is 0 Å². The molecule has 0 aromatic carbocycles. The van der Waals surface area contributed by atoms with Crippen LogP contribution in [0.15, 0.2) is 48.6 Å². The predicted octanol–water partition coefficient (Wildman–Crippen LogP) is 2.80. The van der Waals surface area contributed by atoms with Crippen LogP contribution in [0.25, 0.3) is 0 Å². The molecule has 3 heterocycles.